The van der Waals surface area contributed by atoms with Crippen molar-refractivity contribution in [3.8, 4) is 0 Å². The number of aliphatic hydroxyl groups excluding tert-OH is 2. The first-order valence-electron chi connectivity index (χ1n) is 13.9. The molecule has 0 aromatic heterocycles. The van der Waals surface area contributed by atoms with Gasteiger partial charge < -0.3 is 24.4 Å². The fourth-order valence-electron chi connectivity index (χ4n) is 10.9. The quantitative estimate of drug-likeness (QED) is 0.520. The van der Waals surface area contributed by atoms with E-state index < -0.39 is 22.9 Å². The highest BCUT2D eigenvalue weighted by atomic mass is 16.8. The van der Waals surface area contributed by atoms with Crippen molar-refractivity contribution in [3.63, 3.8) is 0 Å². The molecule has 0 amide bonds. The van der Waals surface area contributed by atoms with Gasteiger partial charge in [-0.15, -0.1) is 0 Å². The smallest absolute Gasteiger partial charge is 0.313 e. The van der Waals surface area contributed by atoms with Crippen molar-refractivity contribution in [3.05, 3.63) is 0 Å². The number of carbonyl (C=O) groups excluding carboxylic acids is 1. The van der Waals surface area contributed by atoms with Gasteiger partial charge in [-0.1, -0.05) is 13.8 Å². The van der Waals surface area contributed by atoms with Gasteiger partial charge in [-0.2, -0.15) is 0 Å². The molecule has 0 unspecified atom stereocenters. The Morgan fingerprint density at radius 2 is 1.76 bits per heavy atom. The molecule has 0 radical (unpaired) electrons. The summed E-state index contributed by atoms with van der Waals surface area (Å²) in [5.74, 6) is 0.376. The monoisotopic (exact) mass is 474 g/mol. The van der Waals surface area contributed by atoms with Crippen LogP contribution >= 0.6 is 0 Å². The maximum absolute atomic E-state index is 13.9. The predicted molar refractivity (Wildman–Crippen MR) is 123 cm³/mol. The van der Waals surface area contributed by atoms with E-state index in [1.54, 1.807) is 0 Å². The standard InChI is InChI=1S/C28H42O6/c1-14-12-28(34-24(14,2)3)26(5)22-20(32-28)11-18-17-7-6-15-10-16(29)8-9-25(15,4)21(17)19(30)13-27(18,22)23(31)33-26/h14-22,29-30H,6-13H2,1-5H3/t14-,15+,16-,17+,18-,19+,20+,21-,22-,25+,26-,27-,28+/m1/s1. The Morgan fingerprint density at radius 3 is 2.47 bits per heavy atom. The van der Waals surface area contributed by atoms with Crippen LogP contribution in [0.3, 0.4) is 0 Å². The van der Waals surface area contributed by atoms with Gasteiger partial charge in [0.25, 0.3) is 0 Å². The summed E-state index contributed by atoms with van der Waals surface area (Å²) in [5.41, 5.74) is -1.78. The van der Waals surface area contributed by atoms with Gasteiger partial charge in [0.05, 0.1) is 29.3 Å². The Kier molecular flexibility index (Phi) is 4.24. The van der Waals surface area contributed by atoms with Crippen molar-refractivity contribution < 1.29 is 29.2 Å². The highest BCUT2D eigenvalue weighted by Crippen LogP contribution is 2.76. The van der Waals surface area contributed by atoms with E-state index in [0.29, 0.717) is 24.2 Å². The molecule has 7 rings (SSSR count). The normalized spacial score (nSPS) is 63.3. The first-order chi connectivity index (χ1) is 15.9. The second-order valence-electron chi connectivity index (χ2n) is 14.2. The van der Waals surface area contributed by atoms with Gasteiger partial charge in [0.15, 0.2) is 5.60 Å². The summed E-state index contributed by atoms with van der Waals surface area (Å²) in [6.45, 7) is 10.8. The van der Waals surface area contributed by atoms with Gasteiger partial charge in [-0.05, 0) is 101 Å². The minimum atomic E-state index is -0.889. The second-order valence-corrected chi connectivity index (χ2v) is 14.2. The molecule has 6 nitrogen and oxygen atoms in total. The fraction of sp³-hybridized carbons (Fsp3) is 0.964. The minimum Gasteiger partial charge on any atom is -0.453 e. The Bertz CT molecular complexity index is 934. The molecule has 0 aromatic rings. The molecule has 3 aliphatic heterocycles. The Balaban J connectivity index is 1.28. The number of fused-ring (bicyclic) bond motifs is 5. The molecule has 0 bridgehead atoms. The summed E-state index contributed by atoms with van der Waals surface area (Å²) >= 11 is 0. The van der Waals surface area contributed by atoms with E-state index in [1.165, 1.54) is 0 Å². The van der Waals surface area contributed by atoms with Crippen molar-refractivity contribution >= 4 is 5.97 Å². The first kappa shape index (κ1) is 22.5. The van der Waals surface area contributed by atoms with Gasteiger partial charge in [0.2, 0.25) is 5.79 Å². The lowest BCUT2D eigenvalue weighted by Crippen LogP contribution is -2.61. The maximum atomic E-state index is 13.9. The zero-order chi connectivity index (χ0) is 24.1. The summed E-state index contributed by atoms with van der Waals surface area (Å²) in [6.07, 6.45) is 6.03. The Morgan fingerprint density at radius 1 is 1.00 bits per heavy atom. The molecule has 3 saturated heterocycles. The molecule has 34 heavy (non-hydrogen) atoms. The van der Waals surface area contributed by atoms with Crippen LogP contribution in [0.5, 0.6) is 0 Å². The minimum absolute atomic E-state index is 0.0305. The number of ether oxygens (including phenoxy) is 3. The molecule has 13 atom stereocenters. The molecule has 7 fully saturated rings. The predicted octanol–water partition coefficient (Wildman–Crippen LogP) is 3.81. The van der Waals surface area contributed by atoms with E-state index in [9.17, 15) is 15.0 Å². The maximum Gasteiger partial charge on any atom is 0.313 e. The van der Waals surface area contributed by atoms with Crippen LogP contribution in [0.4, 0.5) is 0 Å². The molecule has 4 saturated carbocycles. The van der Waals surface area contributed by atoms with Gasteiger partial charge in [0.1, 0.15) is 0 Å². The van der Waals surface area contributed by atoms with E-state index in [-0.39, 0.29) is 46.9 Å². The zero-order valence-electron chi connectivity index (χ0n) is 21.4. The lowest BCUT2D eigenvalue weighted by molar-refractivity contribution is -0.291. The van der Waals surface area contributed by atoms with Crippen LogP contribution in [0.1, 0.15) is 86.0 Å². The van der Waals surface area contributed by atoms with Crippen molar-refractivity contribution in [2.24, 2.45) is 46.3 Å². The van der Waals surface area contributed by atoms with Gasteiger partial charge in [0, 0.05) is 12.3 Å². The van der Waals surface area contributed by atoms with Crippen LogP contribution in [-0.2, 0) is 19.0 Å². The topological polar surface area (TPSA) is 85.2 Å². The Hall–Kier alpha value is -0.690. The van der Waals surface area contributed by atoms with Crippen LogP contribution < -0.4 is 0 Å². The molecule has 6 heteroatoms. The van der Waals surface area contributed by atoms with Crippen LogP contribution in [-0.4, -0.2) is 51.5 Å². The summed E-state index contributed by atoms with van der Waals surface area (Å²) in [5, 5.41) is 22.1. The van der Waals surface area contributed by atoms with Crippen molar-refractivity contribution in [2.45, 2.75) is 121 Å². The Labute approximate surface area is 203 Å². The summed E-state index contributed by atoms with van der Waals surface area (Å²) < 4.78 is 19.9. The van der Waals surface area contributed by atoms with E-state index in [2.05, 4.69) is 34.6 Å². The second kappa shape index (κ2) is 6.41. The zero-order valence-corrected chi connectivity index (χ0v) is 21.4. The highest BCUT2D eigenvalue weighted by Gasteiger charge is 2.85. The SMILES string of the molecule is C[C@@H]1C[C@]2(O[C@H]3C[C@@H]4[C@@H]5CC[C@H]6C[C@H](O)CC[C@]6(C)[C@H]5[C@@H](O)C[C@@]45C(=O)O[C@]2(C)[C@@H]35)OC1(C)C. The number of carbonyl (C=O) groups is 1. The molecule has 0 aromatic carbocycles. The van der Waals surface area contributed by atoms with E-state index in [0.717, 1.165) is 44.9 Å². The summed E-state index contributed by atoms with van der Waals surface area (Å²) in [7, 11) is 0. The van der Waals surface area contributed by atoms with Gasteiger partial charge in [-0.25, -0.2) is 0 Å². The van der Waals surface area contributed by atoms with Gasteiger partial charge in [-0.3, -0.25) is 4.79 Å². The average molecular weight is 475 g/mol. The third kappa shape index (κ3) is 2.32. The molecule has 2 spiro atoms. The van der Waals surface area contributed by atoms with E-state index in [4.69, 9.17) is 14.2 Å². The molecule has 190 valence electrons. The first-order valence-corrected chi connectivity index (χ1v) is 13.9. The van der Waals surface area contributed by atoms with Crippen LogP contribution in [0.15, 0.2) is 0 Å². The molecular weight excluding hydrogens is 432 g/mol. The highest BCUT2D eigenvalue weighted by molar-refractivity contribution is 5.83. The number of esters is 1. The number of aliphatic hydroxyl groups is 2. The van der Waals surface area contributed by atoms with Gasteiger partial charge >= 0.3 is 5.97 Å². The van der Waals surface area contributed by atoms with Crippen molar-refractivity contribution in [2.75, 3.05) is 0 Å². The van der Waals surface area contributed by atoms with Crippen molar-refractivity contribution in [1.29, 1.82) is 0 Å². The molecule has 7 aliphatic rings. The summed E-state index contributed by atoms with van der Waals surface area (Å²) in [6, 6.07) is 0. The third-order valence-corrected chi connectivity index (χ3v) is 12.7. The molecule has 3 heterocycles. The molecule has 2 N–H and O–H groups in total. The number of hydrogen-bond acceptors (Lipinski definition) is 6. The van der Waals surface area contributed by atoms with Crippen LogP contribution in [0.25, 0.3) is 0 Å². The lowest BCUT2D eigenvalue weighted by atomic mass is 9.43. The molecule has 4 aliphatic carbocycles. The van der Waals surface area contributed by atoms with E-state index >= 15 is 0 Å². The number of hydrogen-bond donors (Lipinski definition) is 2. The number of rotatable bonds is 0. The molecular formula is C28H42O6. The third-order valence-electron chi connectivity index (χ3n) is 12.7. The van der Waals surface area contributed by atoms with E-state index in [1.807, 2.05) is 0 Å². The fourth-order valence-corrected chi connectivity index (χ4v) is 10.9. The lowest BCUT2D eigenvalue weighted by Gasteiger charge is -2.61. The average Bonchev–Trinajstić information content (AvgIpc) is 3.34. The van der Waals surface area contributed by atoms with Crippen molar-refractivity contribution in [1.82, 2.24) is 0 Å². The van der Waals surface area contributed by atoms with Crippen LogP contribution in [0, 0.1) is 46.3 Å². The largest absolute Gasteiger partial charge is 0.453 e. The summed E-state index contributed by atoms with van der Waals surface area (Å²) in [4.78, 5) is 13.9. The van der Waals surface area contributed by atoms with Crippen LogP contribution in [0.2, 0.25) is 0 Å².